The van der Waals surface area contributed by atoms with Gasteiger partial charge in [-0.15, -0.1) is 0 Å². The Balaban J connectivity index is 1.36. The Hall–Kier alpha value is -3.38. The molecule has 6 heteroatoms. The molecule has 0 spiro atoms. The number of furan rings is 1. The molecular formula is C30H31NO5. The van der Waals surface area contributed by atoms with Crippen molar-refractivity contribution in [1.82, 2.24) is 4.90 Å². The number of fused-ring (bicyclic) bond motifs is 3. The van der Waals surface area contributed by atoms with Gasteiger partial charge in [-0.3, -0.25) is 4.79 Å². The number of rotatable bonds is 3. The van der Waals surface area contributed by atoms with Gasteiger partial charge >= 0.3 is 5.63 Å². The first-order valence-electron chi connectivity index (χ1n) is 12.9. The Bertz CT molecular complexity index is 1530. The number of carbonyl (C=O) groups excluding carboxylic acids is 1. The van der Waals surface area contributed by atoms with E-state index in [2.05, 4.69) is 12.1 Å². The normalized spacial score (nSPS) is 22.2. The third-order valence-electron chi connectivity index (χ3n) is 8.44. The summed E-state index contributed by atoms with van der Waals surface area (Å²) in [6.45, 7) is 4.91. The molecule has 1 amide bonds. The Morgan fingerprint density at radius 2 is 1.83 bits per heavy atom. The van der Waals surface area contributed by atoms with Crippen LogP contribution in [0.25, 0.3) is 33.1 Å². The van der Waals surface area contributed by atoms with E-state index in [4.69, 9.17) is 8.83 Å². The number of aryl methyl sites for hydroxylation is 2. The van der Waals surface area contributed by atoms with E-state index in [-0.39, 0.29) is 18.2 Å². The molecule has 0 radical (unpaired) electrons. The van der Waals surface area contributed by atoms with Crippen molar-refractivity contribution in [3.63, 3.8) is 0 Å². The molecule has 2 aromatic heterocycles. The van der Waals surface area contributed by atoms with Crippen molar-refractivity contribution in [2.75, 3.05) is 13.1 Å². The highest BCUT2D eigenvalue weighted by Gasteiger charge is 2.43. The summed E-state index contributed by atoms with van der Waals surface area (Å²) in [4.78, 5) is 28.1. The fourth-order valence-corrected chi connectivity index (χ4v) is 6.33. The number of amides is 1. The molecule has 1 N–H and O–H groups in total. The smallest absolute Gasteiger partial charge is 0.340 e. The zero-order chi connectivity index (χ0) is 25.0. The highest BCUT2D eigenvalue weighted by atomic mass is 16.4. The van der Waals surface area contributed by atoms with Crippen molar-refractivity contribution in [3.8, 4) is 11.1 Å². The Morgan fingerprint density at radius 3 is 2.64 bits per heavy atom. The fourth-order valence-electron chi connectivity index (χ4n) is 6.33. The number of likely N-dealkylation sites (tertiary alicyclic amines) is 1. The van der Waals surface area contributed by atoms with Crippen molar-refractivity contribution in [3.05, 3.63) is 69.8 Å². The number of carbonyl (C=O) groups is 1. The molecule has 3 heterocycles. The first kappa shape index (κ1) is 23.0. The average Bonchev–Trinajstić information content (AvgIpc) is 3.19. The number of piperidine rings is 1. The fraction of sp³-hybridized carbons (Fsp3) is 0.400. The summed E-state index contributed by atoms with van der Waals surface area (Å²) in [6.07, 6.45) is 4.52. The second-order valence-electron chi connectivity index (χ2n) is 10.5. The quantitative estimate of drug-likeness (QED) is 0.386. The molecule has 0 bridgehead atoms. The summed E-state index contributed by atoms with van der Waals surface area (Å²) in [5.74, 6) is 0.837. The van der Waals surface area contributed by atoms with Crippen molar-refractivity contribution >= 4 is 27.8 Å². The predicted octanol–water partition coefficient (Wildman–Crippen LogP) is 5.52. The van der Waals surface area contributed by atoms with Gasteiger partial charge in [-0.2, -0.15) is 0 Å². The standard InChI is InChI=1S/C30H31NO5/c1-18-22-14-24-26(35-19(2)28(24)20-8-4-3-5-9-20)16-25(22)36-29(33)23(18)15-27(32)31-13-12-30(34)11-7-6-10-21(30)17-31/h3-5,8-9,14,16,21,34H,6-7,10-13,15,17H2,1-2H3/t21-,30+/m0/s1. The molecule has 6 nitrogen and oxygen atoms in total. The zero-order valence-corrected chi connectivity index (χ0v) is 20.8. The molecule has 4 aromatic rings. The lowest BCUT2D eigenvalue weighted by Gasteiger charge is -2.47. The molecule has 36 heavy (non-hydrogen) atoms. The van der Waals surface area contributed by atoms with Gasteiger partial charge in [0.25, 0.3) is 0 Å². The van der Waals surface area contributed by atoms with E-state index >= 15 is 0 Å². The lowest BCUT2D eigenvalue weighted by molar-refractivity contribution is -0.142. The summed E-state index contributed by atoms with van der Waals surface area (Å²) in [5.41, 5.74) is 3.25. The van der Waals surface area contributed by atoms with Crippen molar-refractivity contribution in [2.45, 2.75) is 58.0 Å². The van der Waals surface area contributed by atoms with Crippen LogP contribution in [-0.2, 0) is 11.2 Å². The van der Waals surface area contributed by atoms with E-state index in [1.165, 1.54) is 0 Å². The van der Waals surface area contributed by atoms with Crippen LogP contribution < -0.4 is 5.63 Å². The number of hydrogen-bond donors (Lipinski definition) is 1. The van der Waals surface area contributed by atoms with Gasteiger partial charge in [-0.25, -0.2) is 4.79 Å². The summed E-state index contributed by atoms with van der Waals surface area (Å²) in [7, 11) is 0. The molecule has 1 aliphatic carbocycles. The molecule has 2 aliphatic rings. The van der Waals surface area contributed by atoms with Crippen molar-refractivity contribution < 1.29 is 18.7 Å². The van der Waals surface area contributed by atoms with Gasteiger partial charge in [-0.05, 0) is 50.3 Å². The summed E-state index contributed by atoms with van der Waals surface area (Å²) < 4.78 is 11.7. The van der Waals surface area contributed by atoms with Crippen LogP contribution in [0.2, 0.25) is 0 Å². The SMILES string of the molecule is Cc1oc2cc3oc(=O)c(CC(=O)N4CC[C@]5(O)CCCC[C@H]5C4)c(C)c3cc2c1-c1ccccc1. The second kappa shape index (κ2) is 8.63. The average molecular weight is 486 g/mol. The number of aliphatic hydroxyl groups is 1. The summed E-state index contributed by atoms with van der Waals surface area (Å²) in [5, 5.41) is 12.7. The first-order chi connectivity index (χ1) is 17.3. The summed E-state index contributed by atoms with van der Waals surface area (Å²) in [6, 6.07) is 13.9. The van der Waals surface area contributed by atoms with Crippen LogP contribution in [0.3, 0.4) is 0 Å². The molecule has 1 saturated carbocycles. The van der Waals surface area contributed by atoms with Crippen LogP contribution in [0, 0.1) is 19.8 Å². The van der Waals surface area contributed by atoms with E-state index in [0.717, 1.165) is 58.9 Å². The highest BCUT2D eigenvalue weighted by Crippen LogP contribution is 2.40. The van der Waals surface area contributed by atoms with Gasteiger partial charge in [0.1, 0.15) is 16.9 Å². The lowest BCUT2D eigenvalue weighted by Crippen LogP contribution is -2.55. The molecule has 2 atom stereocenters. The monoisotopic (exact) mass is 485 g/mol. The minimum Gasteiger partial charge on any atom is -0.461 e. The van der Waals surface area contributed by atoms with Gasteiger partial charge in [0, 0.05) is 41.4 Å². The van der Waals surface area contributed by atoms with Gasteiger partial charge in [0.15, 0.2) is 0 Å². The molecule has 1 saturated heterocycles. The molecular weight excluding hydrogens is 454 g/mol. The van der Waals surface area contributed by atoms with E-state index in [1.807, 2.05) is 43.0 Å². The Kier molecular flexibility index (Phi) is 5.52. The minimum atomic E-state index is -0.641. The van der Waals surface area contributed by atoms with Gasteiger partial charge < -0.3 is 18.8 Å². The number of hydrogen-bond acceptors (Lipinski definition) is 5. The van der Waals surface area contributed by atoms with Crippen molar-refractivity contribution in [2.24, 2.45) is 5.92 Å². The van der Waals surface area contributed by atoms with E-state index in [0.29, 0.717) is 36.2 Å². The van der Waals surface area contributed by atoms with Crippen LogP contribution in [0.5, 0.6) is 0 Å². The van der Waals surface area contributed by atoms with E-state index in [9.17, 15) is 14.7 Å². The predicted molar refractivity (Wildman–Crippen MR) is 139 cm³/mol. The molecule has 6 rings (SSSR count). The Labute approximate surface area is 209 Å². The lowest BCUT2D eigenvalue weighted by atomic mass is 9.71. The number of nitrogens with zero attached hydrogens (tertiary/aromatic N) is 1. The molecule has 2 aromatic carbocycles. The Morgan fingerprint density at radius 1 is 1.06 bits per heavy atom. The van der Waals surface area contributed by atoms with Crippen molar-refractivity contribution in [1.29, 1.82) is 0 Å². The summed E-state index contributed by atoms with van der Waals surface area (Å²) >= 11 is 0. The third-order valence-corrected chi connectivity index (χ3v) is 8.44. The topological polar surface area (TPSA) is 83.9 Å². The second-order valence-corrected chi connectivity index (χ2v) is 10.5. The zero-order valence-electron chi connectivity index (χ0n) is 20.8. The van der Waals surface area contributed by atoms with E-state index in [1.54, 1.807) is 6.07 Å². The van der Waals surface area contributed by atoms with Gasteiger partial charge in [-0.1, -0.05) is 43.2 Å². The van der Waals surface area contributed by atoms with Crippen LogP contribution in [-0.4, -0.2) is 34.6 Å². The maximum absolute atomic E-state index is 13.3. The van der Waals surface area contributed by atoms with Gasteiger partial charge in [0.05, 0.1) is 17.6 Å². The first-order valence-corrected chi connectivity index (χ1v) is 12.9. The number of benzene rings is 2. The maximum atomic E-state index is 13.3. The largest absolute Gasteiger partial charge is 0.461 e. The molecule has 186 valence electrons. The molecule has 1 aliphatic heterocycles. The van der Waals surface area contributed by atoms with E-state index < -0.39 is 11.2 Å². The molecule has 2 fully saturated rings. The van der Waals surface area contributed by atoms with Crippen LogP contribution in [0.1, 0.15) is 49.0 Å². The minimum absolute atomic E-state index is 0.00322. The van der Waals surface area contributed by atoms with Crippen LogP contribution in [0.15, 0.2) is 56.1 Å². The van der Waals surface area contributed by atoms with Crippen LogP contribution >= 0.6 is 0 Å². The van der Waals surface area contributed by atoms with Gasteiger partial charge in [0.2, 0.25) is 5.91 Å². The van der Waals surface area contributed by atoms with Crippen LogP contribution in [0.4, 0.5) is 0 Å². The third kappa shape index (κ3) is 3.75. The maximum Gasteiger partial charge on any atom is 0.340 e. The highest BCUT2D eigenvalue weighted by molar-refractivity contribution is 6.03. The molecule has 0 unspecified atom stereocenters.